The number of amides is 1. The van der Waals surface area contributed by atoms with Gasteiger partial charge in [0, 0.05) is 11.1 Å². The third-order valence-corrected chi connectivity index (χ3v) is 2.35. The Morgan fingerprint density at radius 3 is 2.95 bits per heavy atom. The van der Waals surface area contributed by atoms with Gasteiger partial charge in [0.2, 0.25) is 5.82 Å². The molecule has 2 rings (SSSR count). The van der Waals surface area contributed by atoms with Crippen LogP contribution in [0, 0.1) is 0 Å². The molecule has 0 radical (unpaired) electrons. The first-order valence-electron chi connectivity index (χ1n) is 5.39. The number of nitrogens with zero attached hydrogens (tertiary/aromatic N) is 3. The number of carbonyl (C=O) groups excluding carboxylic acids is 2. The topological polar surface area (TPSA) is 110 Å². The first-order chi connectivity index (χ1) is 9.20. The minimum absolute atomic E-state index is 0.179. The number of aromatic amines is 1. The Kier molecular flexibility index (Phi) is 3.81. The SMILES string of the molecule is COC(=O)CNC(=O)c1cccc(-c2nn[nH]n2)c1. The highest BCUT2D eigenvalue weighted by molar-refractivity contribution is 5.96. The van der Waals surface area contributed by atoms with Gasteiger partial charge >= 0.3 is 5.97 Å². The van der Waals surface area contributed by atoms with Crippen molar-refractivity contribution in [1.82, 2.24) is 25.9 Å². The fourth-order valence-electron chi connectivity index (χ4n) is 1.41. The smallest absolute Gasteiger partial charge is 0.325 e. The van der Waals surface area contributed by atoms with Gasteiger partial charge in [-0.15, -0.1) is 10.2 Å². The highest BCUT2D eigenvalue weighted by atomic mass is 16.5. The number of ether oxygens (including phenoxy) is 1. The zero-order chi connectivity index (χ0) is 13.7. The summed E-state index contributed by atoms with van der Waals surface area (Å²) in [6.45, 7) is -0.179. The molecule has 0 aliphatic rings. The average Bonchev–Trinajstić information content (AvgIpc) is 2.98. The van der Waals surface area contributed by atoms with Gasteiger partial charge in [-0.1, -0.05) is 12.1 Å². The van der Waals surface area contributed by atoms with E-state index < -0.39 is 5.97 Å². The van der Waals surface area contributed by atoms with Crippen molar-refractivity contribution in [2.24, 2.45) is 0 Å². The van der Waals surface area contributed by atoms with Crippen molar-refractivity contribution in [1.29, 1.82) is 0 Å². The molecule has 8 heteroatoms. The van der Waals surface area contributed by atoms with Crippen molar-refractivity contribution >= 4 is 11.9 Å². The fraction of sp³-hybridized carbons (Fsp3) is 0.182. The molecule has 0 saturated heterocycles. The van der Waals surface area contributed by atoms with Crippen LogP contribution in [0.25, 0.3) is 11.4 Å². The van der Waals surface area contributed by atoms with Crippen molar-refractivity contribution in [2.45, 2.75) is 0 Å². The van der Waals surface area contributed by atoms with Gasteiger partial charge in [-0.05, 0) is 17.3 Å². The van der Waals surface area contributed by atoms with E-state index in [0.29, 0.717) is 17.0 Å². The minimum Gasteiger partial charge on any atom is -0.468 e. The Hall–Kier alpha value is -2.77. The summed E-state index contributed by atoms with van der Waals surface area (Å²) in [6, 6.07) is 6.67. The second kappa shape index (κ2) is 5.71. The molecule has 2 aromatic rings. The molecule has 0 aliphatic carbocycles. The molecule has 0 atom stereocenters. The van der Waals surface area contributed by atoms with E-state index in [1.807, 2.05) is 0 Å². The molecule has 0 aliphatic heterocycles. The van der Waals surface area contributed by atoms with Crippen LogP contribution in [0.1, 0.15) is 10.4 Å². The lowest BCUT2D eigenvalue weighted by Gasteiger charge is -2.04. The van der Waals surface area contributed by atoms with Crippen LogP contribution in [0.5, 0.6) is 0 Å². The molecule has 8 nitrogen and oxygen atoms in total. The molecular formula is C11H11N5O3. The van der Waals surface area contributed by atoms with Crippen molar-refractivity contribution in [3.8, 4) is 11.4 Å². The summed E-state index contributed by atoms with van der Waals surface area (Å²) in [6.07, 6.45) is 0. The third-order valence-electron chi connectivity index (χ3n) is 2.35. The number of tetrazole rings is 1. The van der Waals surface area contributed by atoms with Gasteiger partial charge in [0.1, 0.15) is 6.54 Å². The molecule has 0 fully saturated rings. The summed E-state index contributed by atoms with van der Waals surface area (Å²) in [7, 11) is 1.26. The van der Waals surface area contributed by atoms with Gasteiger partial charge in [0.25, 0.3) is 5.91 Å². The maximum Gasteiger partial charge on any atom is 0.325 e. The molecule has 0 bridgehead atoms. The highest BCUT2D eigenvalue weighted by Gasteiger charge is 2.10. The second-order valence-electron chi connectivity index (χ2n) is 3.58. The van der Waals surface area contributed by atoms with E-state index in [9.17, 15) is 9.59 Å². The number of nitrogens with one attached hydrogen (secondary N) is 2. The third kappa shape index (κ3) is 3.12. The van der Waals surface area contributed by atoms with Crippen LogP contribution < -0.4 is 5.32 Å². The zero-order valence-corrected chi connectivity index (χ0v) is 10.1. The first-order valence-corrected chi connectivity index (χ1v) is 5.39. The number of carbonyl (C=O) groups is 2. The summed E-state index contributed by atoms with van der Waals surface area (Å²) in [5.41, 5.74) is 1.05. The van der Waals surface area contributed by atoms with Crippen LogP contribution in [0.15, 0.2) is 24.3 Å². The largest absolute Gasteiger partial charge is 0.468 e. The van der Waals surface area contributed by atoms with Crippen LogP contribution in [-0.4, -0.2) is 46.2 Å². The van der Waals surface area contributed by atoms with E-state index >= 15 is 0 Å². The summed E-state index contributed by atoms with van der Waals surface area (Å²) >= 11 is 0. The molecule has 0 spiro atoms. The van der Waals surface area contributed by atoms with Crippen LogP contribution in [0.4, 0.5) is 0 Å². The van der Waals surface area contributed by atoms with E-state index in [-0.39, 0.29) is 12.5 Å². The summed E-state index contributed by atoms with van der Waals surface area (Å²) in [5, 5.41) is 15.9. The van der Waals surface area contributed by atoms with E-state index in [1.165, 1.54) is 7.11 Å². The Morgan fingerprint density at radius 1 is 1.42 bits per heavy atom. The number of rotatable bonds is 4. The van der Waals surface area contributed by atoms with Crippen LogP contribution in [0.2, 0.25) is 0 Å². The van der Waals surface area contributed by atoms with E-state index in [2.05, 4.69) is 30.7 Å². The average molecular weight is 261 g/mol. The lowest BCUT2D eigenvalue weighted by Crippen LogP contribution is -2.30. The fourth-order valence-corrected chi connectivity index (χ4v) is 1.41. The normalized spacial score (nSPS) is 9.95. The molecule has 1 heterocycles. The predicted octanol–water partition coefficient (Wildman–Crippen LogP) is -0.231. The summed E-state index contributed by atoms with van der Waals surface area (Å²) in [4.78, 5) is 22.7. The quantitative estimate of drug-likeness (QED) is 0.735. The predicted molar refractivity (Wildman–Crippen MR) is 64.0 cm³/mol. The van der Waals surface area contributed by atoms with Gasteiger partial charge in [-0.2, -0.15) is 5.21 Å². The van der Waals surface area contributed by atoms with E-state index in [4.69, 9.17) is 0 Å². The van der Waals surface area contributed by atoms with E-state index in [0.717, 1.165) is 0 Å². The molecule has 2 N–H and O–H groups in total. The molecule has 19 heavy (non-hydrogen) atoms. The second-order valence-corrected chi connectivity index (χ2v) is 3.58. The Bertz CT molecular complexity index is 582. The van der Waals surface area contributed by atoms with Gasteiger partial charge in [0.15, 0.2) is 0 Å². The molecule has 1 amide bonds. The van der Waals surface area contributed by atoms with E-state index in [1.54, 1.807) is 24.3 Å². The number of hydrogen-bond donors (Lipinski definition) is 2. The number of methoxy groups -OCH3 is 1. The molecule has 1 aromatic carbocycles. The molecular weight excluding hydrogens is 250 g/mol. The standard InChI is InChI=1S/C11H11N5O3/c1-19-9(17)6-12-11(18)8-4-2-3-7(5-8)10-13-15-16-14-10/h2-5H,6H2,1H3,(H,12,18)(H,13,14,15,16). The van der Waals surface area contributed by atoms with Crippen LogP contribution >= 0.6 is 0 Å². The Balaban J connectivity index is 2.10. The van der Waals surface area contributed by atoms with Gasteiger partial charge in [0.05, 0.1) is 7.11 Å². The van der Waals surface area contributed by atoms with Crippen molar-refractivity contribution < 1.29 is 14.3 Å². The van der Waals surface area contributed by atoms with Crippen molar-refractivity contribution in [3.63, 3.8) is 0 Å². The van der Waals surface area contributed by atoms with Crippen LogP contribution in [-0.2, 0) is 9.53 Å². The lowest BCUT2D eigenvalue weighted by molar-refractivity contribution is -0.139. The summed E-state index contributed by atoms with van der Waals surface area (Å²) < 4.78 is 4.43. The first kappa shape index (κ1) is 12.7. The van der Waals surface area contributed by atoms with Gasteiger partial charge in [-0.3, -0.25) is 9.59 Å². The maximum absolute atomic E-state index is 11.8. The highest BCUT2D eigenvalue weighted by Crippen LogP contribution is 2.14. The molecule has 0 saturated carbocycles. The Labute approximate surface area is 108 Å². The molecule has 0 unspecified atom stereocenters. The number of aromatic nitrogens is 4. The maximum atomic E-state index is 11.8. The molecule has 1 aromatic heterocycles. The number of esters is 1. The van der Waals surface area contributed by atoms with Gasteiger partial charge < -0.3 is 10.1 Å². The van der Waals surface area contributed by atoms with Crippen molar-refractivity contribution in [3.05, 3.63) is 29.8 Å². The lowest BCUT2D eigenvalue weighted by atomic mass is 10.1. The number of hydrogen-bond acceptors (Lipinski definition) is 6. The monoisotopic (exact) mass is 261 g/mol. The molecule has 98 valence electrons. The Morgan fingerprint density at radius 2 is 2.26 bits per heavy atom. The zero-order valence-electron chi connectivity index (χ0n) is 10.1. The minimum atomic E-state index is -0.511. The van der Waals surface area contributed by atoms with Gasteiger partial charge in [-0.25, -0.2) is 0 Å². The number of benzene rings is 1. The van der Waals surface area contributed by atoms with Crippen molar-refractivity contribution in [2.75, 3.05) is 13.7 Å². The summed E-state index contributed by atoms with van der Waals surface area (Å²) in [5.74, 6) is -0.499. The van der Waals surface area contributed by atoms with Crippen LogP contribution in [0.3, 0.4) is 0 Å². The number of H-pyrrole nitrogens is 1.